The molecule has 0 radical (unpaired) electrons. The summed E-state index contributed by atoms with van der Waals surface area (Å²) in [4.78, 5) is 0. The van der Waals surface area contributed by atoms with Crippen LogP contribution in [0.4, 0.5) is 4.39 Å². The van der Waals surface area contributed by atoms with Crippen molar-refractivity contribution in [1.29, 1.82) is 0 Å². The number of aliphatic hydroxyl groups is 1. The Hall–Kier alpha value is -2.91. The van der Waals surface area contributed by atoms with Crippen molar-refractivity contribution in [2.24, 2.45) is 0 Å². The molecule has 3 heteroatoms. The van der Waals surface area contributed by atoms with Crippen LogP contribution in [-0.2, 0) is 32.3 Å². The Balaban J connectivity index is 1.61. The highest BCUT2D eigenvalue weighted by atomic mass is 19.1. The Kier molecular flexibility index (Phi) is 6.01. The van der Waals surface area contributed by atoms with Crippen molar-refractivity contribution >= 4 is 5.57 Å². The van der Waals surface area contributed by atoms with E-state index in [4.69, 9.17) is 4.74 Å². The van der Waals surface area contributed by atoms with E-state index in [2.05, 4.69) is 37.3 Å². The van der Waals surface area contributed by atoms with Gasteiger partial charge in [-0.1, -0.05) is 48.0 Å². The van der Waals surface area contributed by atoms with Crippen molar-refractivity contribution in [3.63, 3.8) is 0 Å². The second-order valence-electron chi connectivity index (χ2n) is 8.00. The predicted octanol–water partition coefficient (Wildman–Crippen LogP) is 5.60. The molecule has 154 valence electrons. The molecule has 0 spiro atoms. The molecule has 0 saturated carbocycles. The number of fused-ring (bicyclic) bond motifs is 1. The number of methoxy groups -OCH3 is 1. The molecule has 3 aromatic rings. The highest BCUT2D eigenvalue weighted by molar-refractivity contribution is 5.77. The maximum absolute atomic E-state index is 14.5. The standard InChI is InChI=1S/C27H27FO2/c1-18-3-5-19(6-4-18)7-8-22-10-12-26(28)25-11-9-23(27(22)25)14-20-13-21(17-29)16-24(15-20)30-2/h3-6,9-10,12-13,15-16,29H,7-8,11,14,17H2,1-2H3. The Morgan fingerprint density at radius 1 is 0.933 bits per heavy atom. The molecule has 4 rings (SSSR count). The summed E-state index contributed by atoms with van der Waals surface area (Å²) in [5.41, 5.74) is 8.65. The van der Waals surface area contributed by atoms with Crippen LogP contribution in [0, 0.1) is 12.7 Å². The fourth-order valence-electron chi connectivity index (χ4n) is 4.26. The quantitative estimate of drug-likeness (QED) is 0.557. The van der Waals surface area contributed by atoms with Gasteiger partial charge in [0.15, 0.2) is 0 Å². The predicted molar refractivity (Wildman–Crippen MR) is 119 cm³/mol. The lowest BCUT2D eigenvalue weighted by molar-refractivity contribution is 0.281. The van der Waals surface area contributed by atoms with Gasteiger partial charge < -0.3 is 9.84 Å². The van der Waals surface area contributed by atoms with E-state index in [9.17, 15) is 9.50 Å². The van der Waals surface area contributed by atoms with Crippen LogP contribution in [0.2, 0.25) is 0 Å². The van der Waals surface area contributed by atoms with Crippen molar-refractivity contribution < 1.29 is 14.2 Å². The van der Waals surface area contributed by atoms with Gasteiger partial charge in [-0.2, -0.15) is 0 Å². The summed E-state index contributed by atoms with van der Waals surface area (Å²) in [6.45, 7) is 2.06. The summed E-state index contributed by atoms with van der Waals surface area (Å²) in [6, 6.07) is 18.0. The van der Waals surface area contributed by atoms with Crippen LogP contribution in [0.1, 0.15) is 38.9 Å². The van der Waals surface area contributed by atoms with E-state index in [1.54, 1.807) is 13.2 Å². The van der Waals surface area contributed by atoms with Crippen molar-refractivity contribution in [3.8, 4) is 5.75 Å². The molecule has 3 aromatic carbocycles. The van der Waals surface area contributed by atoms with Crippen LogP contribution in [-0.4, -0.2) is 12.2 Å². The lowest BCUT2D eigenvalue weighted by Crippen LogP contribution is -2.02. The number of aliphatic hydroxyl groups excluding tert-OH is 1. The third kappa shape index (κ3) is 4.31. The normalized spacial score (nSPS) is 12.6. The monoisotopic (exact) mass is 402 g/mol. The summed E-state index contributed by atoms with van der Waals surface area (Å²) in [5.74, 6) is 0.603. The fourth-order valence-corrected chi connectivity index (χ4v) is 4.26. The average Bonchev–Trinajstić information content (AvgIpc) is 3.19. The van der Waals surface area contributed by atoms with Crippen LogP contribution in [0.3, 0.4) is 0 Å². The zero-order valence-corrected chi connectivity index (χ0v) is 17.5. The number of ether oxygens (including phenoxy) is 1. The van der Waals surface area contributed by atoms with Crippen molar-refractivity contribution in [2.45, 2.75) is 39.2 Å². The molecule has 0 unspecified atom stereocenters. The molecule has 1 aliphatic carbocycles. The number of aryl methyl sites for hydroxylation is 3. The van der Waals surface area contributed by atoms with Gasteiger partial charge >= 0.3 is 0 Å². The van der Waals surface area contributed by atoms with E-state index >= 15 is 0 Å². The third-order valence-electron chi connectivity index (χ3n) is 5.86. The molecular formula is C27H27FO2. The highest BCUT2D eigenvalue weighted by Gasteiger charge is 2.22. The van der Waals surface area contributed by atoms with Crippen LogP contribution in [0.15, 0.2) is 60.7 Å². The minimum atomic E-state index is -0.128. The first-order valence-corrected chi connectivity index (χ1v) is 10.4. The lowest BCUT2D eigenvalue weighted by Gasteiger charge is -2.15. The van der Waals surface area contributed by atoms with Crippen molar-refractivity contribution in [3.05, 3.63) is 105 Å². The highest BCUT2D eigenvalue weighted by Crippen LogP contribution is 2.36. The first-order chi connectivity index (χ1) is 14.6. The molecule has 0 amide bonds. The van der Waals surface area contributed by atoms with E-state index < -0.39 is 0 Å². The van der Waals surface area contributed by atoms with Gasteiger partial charge in [-0.15, -0.1) is 0 Å². The van der Waals surface area contributed by atoms with Crippen LogP contribution < -0.4 is 4.74 Å². The lowest BCUT2D eigenvalue weighted by atomic mass is 9.91. The van der Waals surface area contributed by atoms with Gasteiger partial charge in [0, 0.05) is 0 Å². The largest absolute Gasteiger partial charge is 0.497 e. The zero-order valence-electron chi connectivity index (χ0n) is 17.5. The fraction of sp³-hybridized carbons (Fsp3) is 0.259. The van der Waals surface area contributed by atoms with E-state index in [1.807, 2.05) is 24.3 Å². The minimum absolute atomic E-state index is 0.0315. The summed E-state index contributed by atoms with van der Waals surface area (Å²) in [5, 5.41) is 9.56. The van der Waals surface area contributed by atoms with Gasteiger partial charge in [0.1, 0.15) is 11.6 Å². The molecule has 0 atom stereocenters. The second-order valence-corrected chi connectivity index (χ2v) is 8.00. The van der Waals surface area contributed by atoms with Gasteiger partial charge in [0.05, 0.1) is 13.7 Å². The smallest absolute Gasteiger partial charge is 0.127 e. The maximum atomic E-state index is 14.5. The van der Waals surface area contributed by atoms with Crippen molar-refractivity contribution in [2.75, 3.05) is 7.11 Å². The molecule has 1 N–H and O–H groups in total. The van der Waals surface area contributed by atoms with E-state index in [0.29, 0.717) is 12.8 Å². The van der Waals surface area contributed by atoms with Gasteiger partial charge in [0.25, 0.3) is 0 Å². The Bertz CT molecular complexity index is 1060. The van der Waals surface area contributed by atoms with Crippen LogP contribution in [0.25, 0.3) is 5.57 Å². The second kappa shape index (κ2) is 8.85. The molecule has 0 aliphatic heterocycles. The Morgan fingerprint density at radius 3 is 2.43 bits per heavy atom. The molecule has 0 fully saturated rings. The summed E-state index contributed by atoms with van der Waals surface area (Å²) in [6.07, 6.45) is 5.27. The molecular weight excluding hydrogens is 375 g/mol. The number of hydrogen-bond acceptors (Lipinski definition) is 2. The maximum Gasteiger partial charge on any atom is 0.127 e. The van der Waals surface area contributed by atoms with E-state index in [1.165, 1.54) is 16.7 Å². The number of halogens is 1. The molecule has 0 heterocycles. The van der Waals surface area contributed by atoms with Gasteiger partial charge in [-0.05, 0) is 89.8 Å². The third-order valence-corrected chi connectivity index (χ3v) is 5.86. The van der Waals surface area contributed by atoms with Gasteiger partial charge in [-0.3, -0.25) is 0 Å². The van der Waals surface area contributed by atoms with Crippen molar-refractivity contribution in [1.82, 2.24) is 0 Å². The molecule has 0 bridgehead atoms. The molecule has 30 heavy (non-hydrogen) atoms. The summed E-state index contributed by atoms with van der Waals surface area (Å²) >= 11 is 0. The van der Waals surface area contributed by atoms with Crippen LogP contribution in [0.5, 0.6) is 5.75 Å². The first kappa shape index (κ1) is 20.4. The number of rotatable bonds is 7. The number of allylic oxidation sites excluding steroid dienone is 2. The summed E-state index contributed by atoms with van der Waals surface area (Å²) in [7, 11) is 1.63. The van der Waals surface area contributed by atoms with Crippen LogP contribution >= 0.6 is 0 Å². The minimum Gasteiger partial charge on any atom is -0.497 e. The topological polar surface area (TPSA) is 29.5 Å². The summed E-state index contributed by atoms with van der Waals surface area (Å²) < 4.78 is 19.9. The zero-order chi connectivity index (χ0) is 21.1. The number of hydrogen-bond donors (Lipinski definition) is 1. The molecule has 1 aliphatic rings. The number of benzene rings is 3. The molecule has 0 aromatic heterocycles. The van der Waals surface area contributed by atoms with E-state index in [-0.39, 0.29) is 12.4 Å². The molecule has 0 saturated heterocycles. The van der Waals surface area contributed by atoms with Gasteiger partial charge in [-0.25, -0.2) is 4.39 Å². The Morgan fingerprint density at radius 2 is 1.70 bits per heavy atom. The van der Waals surface area contributed by atoms with E-state index in [0.717, 1.165) is 46.4 Å². The van der Waals surface area contributed by atoms with Gasteiger partial charge in [0.2, 0.25) is 0 Å². The average molecular weight is 403 g/mol. The first-order valence-electron chi connectivity index (χ1n) is 10.4. The SMILES string of the molecule is COc1cc(CO)cc(CC2=CCc3c(F)ccc(CCc4ccc(C)cc4)c32)c1. The molecule has 2 nitrogen and oxygen atoms in total. The Labute approximate surface area is 177 Å².